The Bertz CT molecular complexity index is 696. The van der Waals surface area contributed by atoms with Gasteiger partial charge in [0.15, 0.2) is 0 Å². The summed E-state index contributed by atoms with van der Waals surface area (Å²) in [6.45, 7) is 8.25. The van der Waals surface area contributed by atoms with Gasteiger partial charge < -0.3 is 15.4 Å². The largest absolute Gasteiger partial charge is 0.487 e. The number of benzene rings is 2. The first-order valence-electron chi connectivity index (χ1n) is 7.54. The number of ether oxygens (including phenoxy) is 1. The summed E-state index contributed by atoms with van der Waals surface area (Å²) in [7, 11) is 0. The first-order chi connectivity index (χ1) is 11.1. The first kappa shape index (κ1) is 16.6. The number of anilines is 2. The van der Waals surface area contributed by atoms with Gasteiger partial charge in [-0.05, 0) is 43.2 Å². The summed E-state index contributed by atoms with van der Waals surface area (Å²) >= 11 is 0. The molecule has 0 radical (unpaired) electrons. The van der Waals surface area contributed by atoms with Crippen molar-refractivity contribution in [1.29, 1.82) is 0 Å². The highest BCUT2D eigenvalue weighted by Crippen LogP contribution is 2.23. The number of nitrogens with one attached hydrogen (secondary N) is 2. The summed E-state index contributed by atoms with van der Waals surface area (Å²) in [6.07, 6.45) is 1.67. The lowest BCUT2D eigenvalue weighted by molar-refractivity contribution is -0.114. The van der Waals surface area contributed by atoms with Gasteiger partial charge in [0.05, 0.1) is 12.2 Å². The predicted molar refractivity (Wildman–Crippen MR) is 95.2 cm³/mol. The smallest absolute Gasteiger partial charge is 0.243 e. The Balaban J connectivity index is 1.97. The molecular formula is C19H22N2O2. The van der Waals surface area contributed by atoms with Crippen LogP contribution in [0.4, 0.5) is 11.4 Å². The Labute approximate surface area is 137 Å². The molecule has 0 heterocycles. The molecule has 4 heteroatoms. The van der Waals surface area contributed by atoms with E-state index in [1.165, 1.54) is 0 Å². The molecule has 2 N–H and O–H groups in total. The number of para-hydroxylation sites is 2. The van der Waals surface area contributed by atoms with Gasteiger partial charge in [0.1, 0.15) is 12.4 Å². The fourth-order valence-corrected chi connectivity index (χ4v) is 2.14. The lowest BCUT2D eigenvalue weighted by Gasteiger charge is -2.13. The molecule has 120 valence electrons. The predicted octanol–water partition coefficient (Wildman–Crippen LogP) is 3.92. The maximum Gasteiger partial charge on any atom is 0.243 e. The van der Waals surface area contributed by atoms with E-state index in [9.17, 15) is 4.79 Å². The molecule has 2 aromatic rings. The molecule has 0 aliphatic carbocycles. The molecule has 0 aliphatic heterocycles. The van der Waals surface area contributed by atoms with Gasteiger partial charge in [0.25, 0.3) is 0 Å². The Morgan fingerprint density at radius 3 is 2.74 bits per heavy atom. The van der Waals surface area contributed by atoms with E-state index in [2.05, 4.69) is 17.2 Å². The molecule has 0 saturated carbocycles. The third-order valence-electron chi connectivity index (χ3n) is 3.35. The van der Waals surface area contributed by atoms with E-state index in [1.807, 2.05) is 56.3 Å². The quantitative estimate of drug-likeness (QED) is 0.762. The third-order valence-corrected chi connectivity index (χ3v) is 3.35. The van der Waals surface area contributed by atoms with Crippen LogP contribution in [0, 0.1) is 13.8 Å². The van der Waals surface area contributed by atoms with Crippen LogP contribution >= 0.6 is 0 Å². The van der Waals surface area contributed by atoms with Crippen LogP contribution in [-0.2, 0) is 4.79 Å². The number of amides is 1. The average Bonchev–Trinajstić information content (AvgIpc) is 2.55. The highest BCUT2D eigenvalue weighted by molar-refractivity contribution is 5.95. The number of carbonyl (C=O) groups is 1. The lowest BCUT2D eigenvalue weighted by Crippen LogP contribution is -2.22. The van der Waals surface area contributed by atoms with E-state index >= 15 is 0 Å². The second kappa shape index (κ2) is 8.03. The van der Waals surface area contributed by atoms with Crippen LogP contribution in [0.3, 0.4) is 0 Å². The molecule has 1 amide bonds. The van der Waals surface area contributed by atoms with Gasteiger partial charge in [-0.3, -0.25) is 4.79 Å². The molecule has 4 nitrogen and oxygen atoms in total. The summed E-state index contributed by atoms with van der Waals surface area (Å²) < 4.78 is 5.53. The van der Waals surface area contributed by atoms with E-state index in [1.54, 1.807) is 6.08 Å². The van der Waals surface area contributed by atoms with Crippen LogP contribution in [0.1, 0.15) is 11.1 Å². The van der Waals surface area contributed by atoms with Crippen molar-refractivity contribution in [3.05, 3.63) is 66.2 Å². The van der Waals surface area contributed by atoms with Crippen molar-refractivity contribution in [3.63, 3.8) is 0 Å². The van der Waals surface area contributed by atoms with Crippen LogP contribution < -0.4 is 15.4 Å². The molecule has 0 atom stereocenters. The first-order valence-corrected chi connectivity index (χ1v) is 7.54. The average molecular weight is 310 g/mol. The molecule has 0 spiro atoms. The minimum absolute atomic E-state index is 0.124. The molecule has 0 fully saturated rings. The summed E-state index contributed by atoms with van der Waals surface area (Å²) in [6, 6.07) is 13.5. The Morgan fingerprint density at radius 2 is 1.96 bits per heavy atom. The molecule has 0 bridgehead atoms. The fraction of sp³-hybridized carbons (Fsp3) is 0.211. The van der Waals surface area contributed by atoms with E-state index in [-0.39, 0.29) is 12.5 Å². The van der Waals surface area contributed by atoms with Crippen molar-refractivity contribution in [2.75, 3.05) is 23.8 Å². The molecule has 0 aliphatic rings. The van der Waals surface area contributed by atoms with Crippen molar-refractivity contribution in [3.8, 4) is 5.75 Å². The molecule has 23 heavy (non-hydrogen) atoms. The topological polar surface area (TPSA) is 50.4 Å². The highest BCUT2D eigenvalue weighted by atomic mass is 16.5. The fourth-order valence-electron chi connectivity index (χ4n) is 2.14. The second-order valence-electron chi connectivity index (χ2n) is 5.32. The van der Waals surface area contributed by atoms with Crippen LogP contribution in [-0.4, -0.2) is 19.1 Å². The number of hydrogen-bond acceptors (Lipinski definition) is 3. The highest BCUT2D eigenvalue weighted by Gasteiger charge is 2.08. The van der Waals surface area contributed by atoms with E-state index in [0.29, 0.717) is 18.0 Å². The van der Waals surface area contributed by atoms with Crippen molar-refractivity contribution in [1.82, 2.24) is 0 Å². The maximum absolute atomic E-state index is 12.2. The molecule has 2 rings (SSSR count). The summed E-state index contributed by atoms with van der Waals surface area (Å²) in [5.74, 6) is 0.507. The second-order valence-corrected chi connectivity index (χ2v) is 5.32. The van der Waals surface area contributed by atoms with Crippen molar-refractivity contribution < 1.29 is 9.53 Å². The monoisotopic (exact) mass is 310 g/mol. The van der Waals surface area contributed by atoms with Gasteiger partial charge in [-0.15, -0.1) is 0 Å². The molecule has 0 saturated heterocycles. The van der Waals surface area contributed by atoms with Gasteiger partial charge in [-0.2, -0.15) is 0 Å². The molecule has 0 unspecified atom stereocenters. The molecule has 0 aromatic heterocycles. The van der Waals surface area contributed by atoms with E-state index in [4.69, 9.17) is 4.74 Å². The summed E-state index contributed by atoms with van der Waals surface area (Å²) in [5, 5.41) is 6.03. The van der Waals surface area contributed by atoms with Gasteiger partial charge in [-0.25, -0.2) is 0 Å². The van der Waals surface area contributed by atoms with Crippen molar-refractivity contribution in [2.24, 2.45) is 0 Å². The zero-order valence-electron chi connectivity index (χ0n) is 13.6. The van der Waals surface area contributed by atoms with Gasteiger partial charge >= 0.3 is 0 Å². The molecule has 2 aromatic carbocycles. The normalized spacial score (nSPS) is 10.0. The van der Waals surface area contributed by atoms with Crippen molar-refractivity contribution >= 4 is 17.3 Å². The van der Waals surface area contributed by atoms with Crippen LogP contribution in [0.25, 0.3) is 0 Å². The Kier molecular flexibility index (Phi) is 5.80. The SMILES string of the molecule is C=CCOc1ccccc1NC(=O)CNc1cc(C)ccc1C. The number of hydrogen-bond donors (Lipinski definition) is 2. The Morgan fingerprint density at radius 1 is 1.17 bits per heavy atom. The van der Waals surface area contributed by atoms with Crippen LogP contribution in [0.2, 0.25) is 0 Å². The minimum Gasteiger partial charge on any atom is -0.487 e. The van der Waals surface area contributed by atoms with Gasteiger partial charge in [0, 0.05) is 5.69 Å². The van der Waals surface area contributed by atoms with Gasteiger partial charge in [0.2, 0.25) is 5.91 Å². The maximum atomic E-state index is 12.2. The van der Waals surface area contributed by atoms with Gasteiger partial charge in [-0.1, -0.05) is 36.9 Å². The number of carbonyl (C=O) groups excluding carboxylic acids is 1. The number of aryl methyl sites for hydroxylation is 2. The summed E-state index contributed by atoms with van der Waals surface area (Å²) in [4.78, 5) is 12.2. The zero-order valence-corrected chi connectivity index (χ0v) is 13.6. The third kappa shape index (κ3) is 4.88. The minimum atomic E-state index is -0.124. The van der Waals surface area contributed by atoms with Crippen molar-refractivity contribution in [2.45, 2.75) is 13.8 Å². The number of rotatable bonds is 7. The zero-order chi connectivity index (χ0) is 16.7. The van der Waals surface area contributed by atoms with Crippen LogP contribution in [0.5, 0.6) is 5.75 Å². The molecular weight excluding hydrogens is 288 g/mol. The lowest BCUT2D eigenvalue weighted by atomic mass is 10.1. The Hall–Kier alpha value is -2.75. The van der Waals surface area contributed by atoms with Crippen LogP contribution in [0.15, 0.2) is 55.1 Å². The summed E-state index contributed by atoms with van der Waals surface area (Å²) in [5.41, 5.74) is 3.89. The standard InChI is InChI=1S/C19H22N2O2/c1-4-11-23-18-8-6-5-7-16(18)21-19(22)13-20-17-12-14(2)9-10-15(17)3/h4-10,12,20H,1,11,13H2,2-3H3,(H,21,22). The van der Waals surface area contributed by atoms with E-state index < -0.39 is 0 Å². The van der Waals surface area contributed by atoms with E-state index in [0.717, 1.165) is 16.8 Å².